The molecule has 0 aromatic carbocycles. The van der Waals surface area contributed by atoms with Crippen LogP contribution in [0.4, 0.5) is 0 Å². The van der Waals surface area contributed by atoms with Gasteiger partial charge < -0.3 is 9.64 Å². The summed E-state index contributed by atoms with van der Waals surface area (Å²) in [4.78, 5) is 22.0. The molecule has 4 saturated heterocycles. The van der Waals surface area contributed by atoms with Crippen LogP contribution in [0.15, 0.2) is 24.4 Å². The smallest absolute Gasteiger partial charge is 0.228 e. The predicted molar refractivity (Wildman–Crippen MR) is 91.6 cm³/mol. The van der Waals surface area contributed by atoms with E-state index in [1.54, 1.807) is 6.20 Å². The molecule has 2 atom stereocenters. The maximum Gasteiger partial charge on any atom is 0.228 e. The molecular formula is C19H27N3O2. The summed E-state index contributed by atoms with van der Waals surface area (Å²) in [7, 11) is 0. The molecule has 4 fully saturated rings. The van der Waals surface area contributed by atoms with Crippen LogP contribution in [-0.4, -0.2) is 65.6 Å². The number of aromatic nitrogens is 1. The van der Waals surface area contributed by atoms with Crippen molar-refractivity contribution in [2.45, 2.75) is 44.2 Å². The van der Waals surface area contributed by atoms with Crippen LogP contribution in [0.1, 0.15) is 31.4 Å². The average molecular weight is 329 g/mol. The van der Waals surface area contributed by atoms with E-state index in [9.17, 15) is 4.79 Å². The van der Waals surface area contributed by atoms with Gasteiger partial charge in [0.2, 0.25) is 5.91 Å². The van der Waals surface area contributed by atoms with Crippen LogP contribution in [0.5, 0.6) is 0 Å². The van der Waals surface area contributed by atoms with Gasteiger partial charge in [0.1, 0.15) is 0 Å². The molecule has 0 N–H and O–H groups in total. The van der Waals surface area contributed by atoms with E-state index in [1.807, 2.05) is 18.2 Å². The Bertz CT molecular complexity index is 559. The van der Waals surface area contributed by atoms with Crippen molar-refractivity contribution >= 4 is 5.91 Å². The van der Waals surface area contributed by atoms with Gasteiger partial charge in [-0.25, -0.2) is 0 Å². The summed E-state index contributed by atoms with van der Waals surface area (Å²) in [5.74, 6) is 0.872. The van der Waals surface area contributed by atoms with Gasteiger partial charge in [0, 0.05) is 56.8 Å². The van der Waals surface area contributed by atoms with E-state index in [1.165, 1.54) is 6.42 Å². The van der Waals surface area contributed by atoms with Crippen molar-refractivity contribution < 1.29 is 9.53 Å². The first-order chi connectivity index (χ1) is 11.8. The lowest BCUT2D eigenvalue weighted by Crippen LogP contribution is -2.49. The highest BCUT2D eigenvalue weighted by Crippen LogP contribution is 2.31. The summed E-state index contributed by atoms with van der Waals surface area (Å²) in [6, 6.07) is 6.82. The van der Waals surface area contributed by atoms with Gasteiger partial charge in [-0.15, -0.1) is 0 Å². The van der Waals surface area contributed by atoms with Crippen LogP contribution >= 0.6 is 0 Å². The predicted octanol–water partition coefficient (Wildman–Crippen LogP) is 1.73. The number of nitrogens with zero attached hydrogens (tertiary/aromatic N) is 3. The molecule has 1 aromatic heterocycles. The largest absolute Gasteiger partial charge is 0.381 e. The summed E-state index contributed by atoms with van der Waals surface area (Å²) in [5.41, 5.74) is 0.879. The number of fused-ring (bicyclic) bond motifs is 4. The normalized spacial score (nSPS) is 28.8. The zero-order valence-corrected chi connectivity index (χ0v) is 14.3. The van der Waals surface area contributed by atoms with Crippen LogP contribution in [0.25, 0.3) is 0 Å². The molecule has 1 aromatic rings. The molecule has 0 unspecified atom stereocenters. The van der Waals surface area contributed by atoms with Gasteiger partial charge in [-0.1, -0.05) is 6.07 Å². The molecule has 0 aliphatic carbocycles. The Morgan fingerprint density at radius 3 is 2.75 bits per heavy atom. The number of ether oxygens (including phenoxy) is 1. The van der Waals surface area contributed by atoms with E-state index in [0.29, 0.717) is 24.4 Å². The highest BCUT2D eigenvalue weighted by Gasteiger charge is 2.39. The minimum atomic E-state index is 0.247. The fourth-order valence-corrected chi connectivity index (χ4v) is 4.53. The maximum atomic E-state index is 12.8. The van der Waals surface area contributed by atoms with E-state index in [2.05, 4.69) is 14.8 Å². The van der Waals surface area contributed by atoms with Gasteiger partial charge in [0.15, 0.2) is 0 Å². The summed E-state index contributed by atoms with van der Waals surface area (Å²) >= 11 is 0. The number of rotatable bonds is 3. The molecule has 2 bridgehead atoms. The van der Waals surface area contributed by atoms with Crippen molar-refractivity contribution in [3.05, 3.63) is 30.1 Å². The van der Waals surface area contributed by atoms with E-state index >= 15 is 0 Å². The lowest BCUT2D eigenvalue weighted by Gasteiger charge is -2.37. The molecule has 0 radical (unpaired) electrons. The van der Waals surface area contributed by atoms with Crippen molar-refractivity contribution in [2.24, 2.45) is 5.92 Å². The molecule has 1 amide bonds. The first kappa shape index (κ1) is 16.0. The van der Waals surface area contributed by atoms with Crippen LogP contribution in [0.3, 0.4) is 0 Å². The minimum Gasteiger partial charge on any atom is -0.381 e. The first-order valence-electron chi connectivity index (χ1n) is 9.31. The van der Waals surface area contributed by atoms with Gasteiger partial charge in [-0.3, -0.25) is 14.7 Å². The number of amides is 1. The molecule has 5 nitrogen and oxygen atoms in total. The van der Waals surface area contributed by atoms with E-state index < -0.39 is 0 Å². The van der Waals surface area contributed by atoms with Gasteiger partial charge in [-0.05, 0) is 43.7 Å². The SMILES string of the molecule is O=C(Cc1ccccn1)N1C[C@@H]2CC[C@H]1CN(C1CCOCC1)C2. The number of carbonyl (C=O) groups is 1. The van der Waals surface area contributed by atoms with Crippen molar-refractivity contribution in [2.75, 3.05) is 32.8 Å². The Balaban J connectivity index is 1.43. The molecule has 5 heteroatoms. The van der Waals surface area contributed by atoms with Crippen molar-refractivity contribution in [3.63, 3.8) is 0 Å². The second kappa shape index (κ2) is 7.19. The van der Waals surface area contributed by atoms with Gasteiger partial charge in [0.05, 0.1) is 6.42 Å². The second-order valence-electron chi connectivity index (χ2n) is 7.44. The monoisotopic (exact) mass is 329 g/mol. The Morgan fingerprint density at radius 2 is 1.96 bits per heavy atom. The van der Waals surface area contributed by atoms with E-state index in [-0.39, 0.29) is 5.91 Å². The number of hydrogen-bond donors (Lipinski definition) is 0. The molecule has 4 aliphatic rings. The van der Waals surface area contributed by atoms with Crippen molar-refractivity contribution in [1.29, 1.82) is 0 Å². The Labute approximate surface area is 144 Å². The third-order valence-electron chi connectivity index (χ3n) is 5.83. The standard InChI is InChI=1S/C19H27N3O2/c23-19(11-16-3-1-2-8-20-16)22-13-15-4-5-18(22)14-21(12-15)17-6-9-24-10-7-17/h1-3,8,15,17-18H,4-7,9-14H2/t15-,18+/m1/s1. The summed E-state index contributed by atoms with van der Waals surface area (Å²) in [6.07, 6.45) is 6.89. The average Bonchev–Trinajstić information content (AvgIpc) is 2.95. The zero-order valence-electron chi connectivity index (χ0n) is 14.3. The summed E-state index contributed by atoms with van der Waals surface area (Å²) < 4.78 is 5.52. The van der Waals surface area contributed by atoms with E-state index in [0.717, 1.165) is 57.8 Å². The molecule has 0 saturated carbocycles. The highest BCUT2D eigenvalue weighted by atomic mass is 16.5. The minimum absolute atomic E-state index is 0.247. The molecule has 130 valence electrons. The Kier molecular flexibility index (Phi) is 4.81. The molecule has 5 heterocycles. The summed E-state index contributed by atoms with van der Waals surface area (Å²) in [5, 5.41) is 0. The molecule has 5 rings (SSSR count). The third kappa shape index (κ3) is 3.47. The number of carbonyl (C=O) groups excluding carboxylic acids is 1. The zero-order chi connectivity index (χ0) is 16.4. The molecule has 4 aliphatic heterocycles. The molecule has 0 spiro atoms. The second-order valence-corrected chi connectivity index (χ2v) is 7.44. The maximum absolute atomic E-state index is 12.8. The van der Waals surface area contributed by atoms with Crippen molar-refractivity contribution in [1.82, 2.24) is 14.8 Å². The Hall–Kier alpha value is -1.46. The fraction of sp³-hybridized carbons (Fsp3) is 0.684. The lowest BCUT2D eigenvalue weighted by molar-refractivity contribution is -0.134. The van der Waals surface area contributed by atoms with Gasteiger partial charge in [-0.2, -0.15) is 0 Å². The van der Waals surface area contributed by atoms with Crippen LogP contribution in [0, 0.1) is 5.92 Å². The lowest BCUT2D eigenvalue weighted by atomic mass is 9.94. The number of hydrogen-bond acceptors (Lipinski definition) is 4. The summed E-state index contributed by atoms with van der Waals surface area (Å²) in [6.45, 7) is 4.89. The first-order valence-corrected chi connectivity index (χ1v) is 9.31. The van der Waals surface area contributed by atoms with E-state index in [4.69, 9.17) is 4.74 Å². The fourth-order valence-electron chi connectivity index (χ4n) is 4.53. The van der Waals surface area contributed by atoms with Crippen LogP contribution < -0.4 is 0 Å². The van der Waals surface area contributed by atoms with Crippen LogP contribution in [-0.2, 0) is 16.0 Å². The number of pyridine rings is 1. The molecule has 24 heavy (non-hydrogen) atoms. The number of piperidine rings is 1. The topological polar surface area (TPSA) is 45.7 Å². The van der Waals surface area contributed by atoms with Gasteiger partial charge >= 0.3 is 0 Å². The highest BCUT2D eigenvalue weighted by molar-refractivity contribution is 5.78. The Morgan fingerprint density at radius 1 is 1.08 bits per heavy atom. The van der Waals surface area contributed by atoms with Crippen molar-refractivity contribution in [3.8, 4) is 0 Å². The molecular weight excluding hydrogens is 302 g/mol. The van der Waals surface area contributed by atoms with Gasteiger partial charge in [0.25, 0.3) is 0 Å². The third-order valence-corrected chi connectivity index (χ3v) is 5.83. The quantitative estimate of drug-likeness (QED) is 0.847. The van der Waals surface area contributed by atoms with Crippen LogP contribution in [0.2, 0.25) is 0 Å².